The molecule has 0 saturated carbocycles. The quantitative estimate of drug-likeness (QED) is 0.855. The lowest BCUT2D eigenvalue weighted by atomic mass is 10.2. The van der Waals surface area contributed by atoms with Crippen molar-refractivity contribution in [3.63, 3.8) is 0 Å². The first-order valence-corrected chi connectivity index (χ1v) is 6.87. The van der Waals surface area contributed by atoms with Crippen LogP contribution in [0.2, 0.25) is 0 Å². The molecule has 2 aromatic rings. The molecule has 0 unspecified atom stereocenters. The topological polar surface area (TPSA) is 34.6 Å². The van der Waals surface area contributed by atoms with E-state index >= 15 is 0 Å². The average molecular weight is 270 g/mol. The lowest BCUT2D eigenvalue weighted by Gasteiger charge is -2.28. The summed E-state index contributed by atoms with van der Waals surface area (Å²) < 4.78 is 11.1. The van der Waals surface area contributed by atoms with Crippen molar-refractivity contribution in [2.45, 2.75) is 6.61 Å². The van der Waals surface area contributed by atoms with Crippen LogP contribution in [0.5, 0.6) is 5.75 Å². The van der Waals surface area contributed by atoms with Crippen LogP contribution < -0.4 is 9.64 Å². The summed E-state index contributed by atoms with van der Waals surface area (Å²) in [4.78, 5) is 6.68. The largest absolute Gasteiger partial charge is 0.489 e. The van der Waals surface area contributed by atoms with Gasteiger partial charge in [-0.1, -0.05) is 18.2 Å². The van der Waals surface area contributed by atoms with Crippen LogP contribution in [0.3, 0.4) is 0 Å². The second-order valence-corrected chi connectivity index (χ2v) is 4.72. The molecule has 1 aliphatic heterocycles. The van der Waals surface area contributed by atoms with Crippen LogP contribution in [0.1, 0.15) is 5.56 Å². The molecule has 0 atom stereocenters. The molecule has 0 bridgehead atoms. The summed E-state index contributed by atoms with van der Waals surface area (Å²) in [7, 11) is 0. The molecule has 0 aliphatic carbocycles. The Morgan fingerprint density at radius 1 is 1.10 bits per heavy atom. The lowest BCUT2D eigenvalue weighted by molar-refractivity contribution is 0.122. The van der Waals surface area contributed by atoms with Gasteiger partial charge in [0.25, 0.3) is 0 Å². The molecule has 1 aliphatic rings. The Balaban J connectivity index is 1.65. The minimum absolute atomic E-state index is 0.559. The Labute approximate surface area is 119 Å². The van der Waals surface area contributed by atoms with Gasteiger partial charge in [0.05, 0.1) is 13.2 Å². The second-order valence-electron chi connectivity index (χ2n) is 4.72. The molecule has 104 valence electrons. The maximum atomic E-state index is 5.76. The van der Waals surface area contributed by atoms with E-state index in [4.69, 9.17) is 9.47 Å². The monoisotopic (exact) mass is 270 g/mol. The molecule has 1 aromatic heterocycles. The van der Waals surface area contributed by atoms with E-state index in [0.717, 1.165) is 43.4 Å². The highest BCUT2D eigenvalue weighted by molar-refractivity contribution is 5.41. The van der Waals surface area contributed by atoms with Crippen LogP contribution in [0.25, 0.3) is 0 Å². The second kappa shape index (κ2) is 6.39. The fourth-order valence-corrected chi connectivity index (χ4v) is 2.20. The van der Waals surface area contributed by atoms with E-state index in [0.29, 0.717) is 6.61 Å². The predicted molar refractivity (Wildman–Crippen MR) is 78.0 cm³/mol. The molecule has 0 spiro atoms. The third kappa shape index (κ3) is 3.27. The summed E-state index contributed by atoms with van der Waals surface area (Å²) in [5, 5.41) is 0. The Kier molecular flexibility index (Phi) is 4.13. The van der Waals surface area contributed by atoms with Crippen molar-refractivity contribution in [1.29, 1.82) is 0 Å². The van der Waals surface area contributed by atoms with Crippen LogP contribution in [-0.4, -0.2) is 31.3 Å². The van der Waals surface area contributed by atoms with Crippen molar-refractivity contribution in [2.75, 3.05) is 31.2 Å². The van der Waals surface area contributed by atoms with Gasteiger partial charge in [-0.15, -0.1) is 0 Å². The number of morpholine rings is 1. The third-order valence-electron chi connectivity index (χ3n) is 3.29. The first-order chi connectivity index (χ1) is 9.92. The molecule has 0 radical (unpaired) electrons. The number of pyridine rings is 1. The number of nitrogens with zero attached hydrogens (tertiary/aromatic N) is 2. The number of benzene rings is 1. The fraction of sp³-hybridized carbons (Fsp3) is 0.312. The Bertz CT molecular complexity index is 539. The number of ether oxygens (including phenoxy) is 2. The molecule has 1 aromatic carbocycles. The molecular weight excluding hydrogens is 252 g/mol. The number of para-hydroxylation sites is 1. The van der Waals surface area contributed by atoms with Gasteiger partial charge in [0, 0.05) is 19.3 Å². The fourth-order valence-electron chi connectivity index (χ4n) is 2.20. The van der Waals surface area contributed by atoms with Gasteiger partial charge in [0.1, 0.15) is 18.2 Å². The van der Waals surface area contributed by atoms with E-state index in [9.17, 15) is 0 Å². The van der Waals surface area contributed by atoms with Crippen LogP contribution in [-0.2, 0) is 11.3 Å². The zero-order valence-electron chi connectivity index (χ0n) is 11.4. The standard InChI is InChI=1S/C16H18N2O2/c1-2-4-15(5-3-1)20-13-14-6-7-17-16(12-14)18-8-10-19-11-9-18/h1-7,12H,8-11,13H2. The van der Waals surface area contributed by atoms with Gasteiger partial charge in [-0.25, -0.2) is 4.98 Å². The molecule has 1 fully saturated rings. The highest BCUT2D eigenvalue weighted by Gasteiger charge is 2.12. The van der Waals surface area contributed by atoms with E-state index < -0.39 is 0 Å². The Morgan fingerprint density at radius 3 is 2.70 bits per heavy atom. The SMILES string of the molecule is c1ccc(OCc2ccnc(N3CCOCC3)c2)cc1. The van der Waals surface area contributed by atoms with E-state index in [1.807, 2.05) is 42.6 Å². The summed E-state index contributed by atoms with van der Waals surface area (Å²) in [6.45, 7) is 3.90. The maximum Gasteiger partial charge on any atom is 0.129 e. The number of hydrogen-bond donors (Lipinski definition) is 0. The Hall–Kier alpha value is -2.07. The Morgan fingerprint density at radius 2 is 1.90 bits per heavy atom. The normalized spacial score (nSPS) is 15.1. The van der Waals surface area contributed by atoms with Gasteiger partial charge < -0.3 is 14.4 Å². The smallest absolute Gasteiger partial charge is 0.129 e. The van der Waals surface area contributed by atoms with E-state index in [2.05, 4.69) is 16.0 Å². The van der Waals surface area contributed by atoms with Crippen molar-refractivity contribution in [2.24, 2.45) is 0 Å². The zero-order valence-corrected chi connectivity index (χ0v) is 11.4. The molecule has 0 amide bonds. The zero-order chi connectivity index (χ0) is 13.6. The van der Waals surface area contributed by atoms with Crippen molar-refractivity contribution in [3.8, 4) is 5.75 Å². The summed E-state index contributed by atoms with van der Waals surface area (Å²) in [6, 6.07) is 13.9. The summed E-state index contributed by atoms with van der Waals surface area (Å²) in [5.74, 6) is 1.89. The molecule has 0 N–H and O–H groups in total. The van der Waals surface area contributed by atoms with Gasteiger partial charge in [0.2, 0.25) is 0 Å². The molecule has 4 heteroatoms. The summed E-state index contributed by atoms with van der Waals surface area (Å²) in [5.41, 5.74) is 1.13. The van der Waals surface area contributed by atoms with Crippen molar-refractivity contribution < 1.29 is 9.47 Å². The van der Waals surface area contributed by atoms with Gasteiger partial charge in [0.15, 0.2) is 0 Å². The van der Waals surface area contributed by atoms with Crippen LogP contribution >= 0.6 is 0 Å². The first kappa shape index (κ1) is 12.9. The minimum Gasteiger partial charge on any atom is -0.489 e. The van der Waals surface area contributed by atoms with Crippen molar-refractivity contribution in [1.82, 2.24) is 4.98 Å². The van der Waals surface area contributed by atoms with Crippen LogP contribution in [0.4, 0.5) is 5.82 Å². The van der Waals surface area contributed by atoms with E-state index in [1.165, 1.54) is 0 Å². The van der Waals surface area contributed by atoms with E-state index in [1.54, 1.807) is 0 Å². The molecular formula is C16H18N2O2. The summed E-state index contributed by atoms with van der Waals surface area (Å²) in [6.07, 6.45) is 1.84. The molecule has 4 nitrogen and oxygen atoms in total. The first-order valence-electron chi connectivity index (χ1n) is 6.87. The third-order valence-corrected chi connectivity index (χ3v) is 3.29. The maximum absolute atomic E-state index is 5.76. The van der Waals surface area contributed by atoms with E-state index in [-0.39, 0.29) is 0 Å². The molecule has 3 rings (SSSR count). The number of anilines is 1. The number of hydrogen-bond acceptors (Lipinski definition) is 4. The van der Waals surface area contributed by atoms with Gasteiger partial charge in [-0.05, 0) is 29.8 Å². The molecule has 2 heterocycles. The molecule has 20 heavy (non-hydrogen) atoms. The summed E-state index contributed by atoms with van der Waals surface area (Å²) >= 11 is 0. The van der Waals surface area contributed by atoms with Crippen molar-refractivity contribution in [3.05, 3.63) is 54.2 Å². The highest BCUT2D eigenvalue weighted by atomic mass is 16.5. The van der Waals surface area contributed by atoms with Crippen LogP contribution in [0.15, 0.2) is 48.7 Å². The minimum atomic E-state index is 0.559. The van der Waals surface area contributed by atoms with Gasteiger partial charge in [-0.2, -0.15) is 0 Å². The molecule has 1 saturated heterocycles. The number of rotatable bonds is 4. The average Bonchev–Trinajstić information content (AvgIpc) is 2.55. The van der Waals surface area contributed by atoms with Crippen LogP contribution in [0, 0.1) is 0 Å². The van der Waals surface area contributed by atoms with Crippen molar-refractivity contribution >= 4 is 5.82 Å². The van der Waals surface area contributed by atoms with Gasteiger partial charge in [-0.3, -0.25) is 0 Å². The van der Waals surface area contributed by atoms with Gasteiger partial charge >= 0.3 is 0 Å². The lowest BCUT2D eigenvalue weighted by Crippen LogP contribution is -2.36. The predicted octanol–water partition coefficient (Wildman–Crippen LogP) is 2.50. The highest BCUT2D eigenvalue weighted by Crippen LogP contribution is 2.16. The number of aromatic nitrogens is 1.